The summed E-state index contributed by atoms with van der Waals surface area (Å²) < 4.78 is 0. The summed E-state index contributed by atoms with van der Waals surface area (Å²) in [5.41, 5.74) is 6.51. The summed E-state index contributed by atoms with van der Waals surface area (Å²) >= 11 is 0. The lowest BCUT2D eigenvalue weighted by Gasteiger charge is -2.31. The average molecular weight is 332 g/mol. The molecule has 0 aromatic carbocycles. The minimum atomic E-state index is 0.122. The van der Waals surface area contributed by atoms with Crippen LogP contribution in [-0.2, 0) is 11.3 Å². The number of carbonyl (C=O) groups excluding carboxylic acids is 1. The maximum atomic E-state index is 11.8. The number of nitrogens with two attached hydrogens (primary N) is 1. The minimum Gasteiger partial charge on any atom is -0.357 e. The number of hydrogen-bond acceptors (Lipinski definition) is 4. The van der Waals surface area contributed by atoms with Crippen LogP contribution in [0.1, 0.15) is 57.4 Å². The Kier molecular flexibility index (Phi) is 8.02. The molecule has 0 radical (unpaired) electrons. The van der Waals surface area contributed by atoms with E-state index in [9.17, 15) is 4.79 Å². The quantitative estimate of drug-likeness (QED) is 0.682. The van der Waals surface area contributed by atoms with E-state index >= 15 is 0 Å². The van der Waals surface area contributed by atoms with Gasteiger partial charge in [0.1, 0.15) is 5.82 Å². The summed E-state index contributed by atoms with van der Waals surface area (Å²) in [6.07, 6.45) is 9.15. The lowest BCUT2D eigenvalue weighted by Crippen LogP contribution is -2.33. The Hall–Kier alpha value is -1.62. The van der Waals surface area contributed by atoms with E-state index in [1.54, 1.807) is 0 Å². The molecule has 5 nitrogen and oxygen atoms in total. The maximum absolute atomic E-state index is 11.8. The zero-order chi connectivity index (χ0) is 17.2. The van der Waals surface area contributed by atoms with Crippen molar-refractivity contribution in [3.63, 3.8) is 0 Å². The van der Waals surface area contributed by atoms with E-state index < -0.39 is 0 Å². The van der Waals surface area contributed by atoms with Crippen LogP contribution in [0.4, 0.5) is 5.82 Å². The first kappa shape index (κ1) is 18.7. The smallest absolute Gasteiger partial charge is 0.220 e. The van der Waals surface area contributed by atoms with Crippen LogP contribution < -0.4 is 16.0 Å². The van der Waals surface area contributed by atoms with Crippen molar-refractivity contribution < 1.29 is 4.79 Å². The Morgan fingerprint density at radius 3 is 2.67 bits per heavy atom. The van der Waals surface area contributed by atoms with E-state index in [0.29, 0.717) is 13.0 Å². The summed E-state index contributed by atoms with van der Waals surface area (Å²) in [6.45, 7) is 5.80. The minimum absolute atomic E-state index is 0.122. The molecular formula is C19H32N4O. The standard InChI is InChI=1S/C19H32N4O/c1-16-9-12-23(13-10-16)18-8-7-17(14-21-18)15-22-19(24)6-4-2-3-5-11-20/h7-8,14,16H,2-6,9-13,15,20H2,1H3,(H,22,24). The van der Waals surface area contributed by atoms with Crippen molar-refractivity contribution in [2.75, 3.05) is 24.5 Å². The molecule has 1 aromatic rings. The SMILES string of the molecule is CC1CCN(c2ccc(CNC(=O)CCCCCCN)cn2)CC1. The number of hydrogen-bond donors (Lipinski definition) is 2. The summed E-state index contributed by atoms with van der Waals surface area (Å²) in [5, 5.41) is 2.98. The number of rotatable bonds is 9. The Bertz CT molecular complexity index is 481. The molecule has 24 heavy (non-hydrogen) atoms. The third kappa shape index (κ3) is 6.48. The van der Waals surface area contributed by atoms with Gasteiger partial charge in [0.15, 0.2) is 0 Å². The molecule has 1 saturated heterocycles. The predicted molar refractivity (Wildman–Crippen MR) is 98.8 cm³/mol. The van der Waals surface area contributed by atoms with Gasteiger partial charge in [0.05, 0.1) is 0 Å². The van der Waals surface area contributed by atoms with Crippen molar-refractivity contribution in [2.24, 2.45) is 11.7 Å². The number of anilines is 1. The first-order valence-corrected chi connectivity index (χ1v) is 9.35. The molecule has 0 saturated carbocycles. The maximum Gasteiger partial charge on any atom is 0.220 e. The van der Waals surface area contributed by atoms with Gasteiger partial charge in [-0.1, -0.05) is 25.8 Å². The second kappa shape index (κ2) is 10.3. The van der Waals surface area contributed by atoms with Gasteiger partial charge >= 0.3 is 0 Å². The monoisotopic (exact) mass is 332 g/mol. The number of amides is 1. The van der Waals surface area contributed by atoms with Crippen LogP contribution in [-0.4, -0.2) is 30.5 Å². The molecule has 1 aliphatic rings. The number of piperidine rings is 1. The molecule has 0 aliphatic carbocycles. The number of nitrogens with zero attached hydrogens (tertiary/aromatic N) is 2. The molecule has 1 aliphatic heterocycles. The number of unbranched alkanes of at least 4 members (excludes halogenated alkanes) is 3. The van der Waals surface area contributed by atoms with Gasteiger partial charge in [0.2, 0.25) is 5.91 Å². The second-order valence-electron chi connectivity index (χ2n) is 6.92. The molecule has 0 atom stereocenters. The van der Waals surface area contributed by atoms with Crippen LogP contribution in [0.25, 0.3) is 0 Å². The topological polar surface area (TPSA) is 71.2 Å². The summed E-state index contributed by atoms with van der Waals surface area (Å²) in [6, 6.07) is 4.15. The van der Waals surface area contributed by atoms with Crippen LogP contribution in [0.2, 0.25) is 0 Å². The van der Waals surface area contributed by atoms with E-state index in [4.69, 9.17) is 5.73 Å². The van der Waals surface area contributed by atoms with Crippen molar-refractivity contribution in [2.45, 2.75) is 58.4 Å². The molecule has 134 valence electrons. The molecular weight excluding hydrogens is 300 g/mol. The van der Waals surface area contributed by atoms with E-state index in [2.05, 4.69) is 34.3 Å². The van der Waals surface area contributed by atoms with Gasteiger partial charge in [-0.3, -0.25) is 4.79 Å². The zero-order valence-corrected chi connectivity index (χ0v) is 15.0. The van der Waals surface area contributed by atoms with Crippen LogP contribution in [0.5, 0.6) is 0 Å². The van der Waals surface area contributed by atoms with Gasteiger partial charge in [-0.25, -0.2) is 4.98 Å². The normalized spacial score (nSPS) is 15.5. The van der Waals surface area contributed by atoms with Gasteiger partial charge in [-0.2, -0.15) is 0 Å². The molecule has 3 N–H and O–H groups in total. The molecule has 0 unspecified atom stereocenters. The van der Waals surface area contributed by atoms with E-state index in [0.717, 1.165) is 62.6 Å². The molecule has 0 spiro atoms. The highest BCUT2D eigenvalue weighted by Gasteiger charge is 2.16. The molecule has 2 rings (SSSR count). The highest BCUT2D eigenvalue weighted by molar-refractivity contribution is 5.75. The van der Waals surface area contributed by atoms with Crippen molar-refractivity contribution in [3.8, 4) is 0 Å². The summed E-state index contributed by atoms with van der Waals surface area (Å²) in [5.74, 6) is 2.00. The fourth-order valence-electron chi connectivity index (χ4n) is 3.02. The Balaban J connectivity index is 1.67. The van der Waals surface area contributed by atoms with Gasteiger partial charge in [0, 0.05) is 32.3 Å². The molecule has 2 heterocycles. The zero-order valence-electron chi connectivity index (χ0n) is 15.0. The van der Waals surface area contributed by atoms with Crippen molar-refractivity contribution in [1.82, 2.24) is 10.3 Å². The highest BCUT2D eigenvalue weighted by Crippen LogP contribution is 2.21. The third-order valence-corrected chi connectivity index (χ3v) is 4.76. The second-order valence-corrected chi connectivity index (χ2v) is 6.92. The lowest BCUT2D eigenvalue weighted by atomic mass is 9.99. The first-order valence-electron chi connectivity index (χ1n) is 9.35. The Morgan fingerprint density at radius 1 is 1.25 bits per heavy atom. The fourth-order valence-corrected chi connectivity index (χ4v) is 3.02. The van der Waals surface area contributed by atoms with Crippen LogP contribution in [0, 0.1) is 5.92 Å². The average Bonchev–Trinajstić information content (AvgIpc) is 2.61. The van der Waals surface area contributed by atoms with Crippen molar-refractivity contribution >= 4 is 11.7 Å². The highest BCUT2D eigenvalue weighted by atomic mass is 16.1. The largest absolute Gasteiger partial charge is 0.357 e. The van der Waals surface area contributed by atoms with Gasteiger partial charge < -0.3 is 16.0 Å². The number of nitrogens with one attached hydrogen (secondary N) is 1. The summed E-state index contributed by atoms with van der Waals surface area (Å²) in [7, 11) is 0. The first-order chi connectivity index (χ1) is 11.7. The van der Waals surface area contributed by atoms with Gasteiger partial charge in [-0.15, -0.1) is 0 Å². The van der Waals surface area contributed by atoms with Gasteiger partial charge in [-0.05, 0) is 49.8 Å². The van der Waals surface area contributed by atoms with Crippen molar-refractivity contribution in [1.29, 1.82) is 0 Å². The molecule has 1 aromatic heterocycles. The fraction of sp³-hybridized carbons (Fsp3) is 0.684. The summed E-state index contributed by atoms with van der Waals surface area (Å²) in [4.78, 5) is 18.7. The van der Waals surface area contributed by atoms with Crippen LogP contribution in [0.3, 0.4) is 0 Å². The van der Waals surface area contributed by atoms with Crippen LogP contribution >= 0.6 is 0 Å². The van der Waals surface area contributed by atoms with Gasteiger partial charge in [0.25, 0.3) is 0 Å². The van der Waals surface area contributed by atoms with E-state index in [1.165, 1.54) is 12.8 Å². The Labute approximate surface area is 146 Å². The third-order valence-electron chi connectivity index (χ3n) is 4.76. The molecule has 1 amide bonds. The van der Waals surface area contributed by atoms with Crippen LogP contribution in [0.15, 0.2) is 18.3 Å². The molecule has 1 fully saturated rings. The number of carbonyl (C=O) groups is 1. The van der Waals surface area contributed by atoms with E-state index in [-0.39, 0.29) is 5.91 Å². The van der Waals surface area contributed by atoms with Crippen molar-refractivity contribution in [3.05, 3.63) is 23.9 Å². The lowest BCUT2D eigenvalue weighted by molar-refractivity contribution is -0.121. The molecule has 5 heteroatoms. The number of pyridine rings is 1. The molecule has 0 bridgehead atoms. The number of aromatic nitrogens is 1. The Morgan fingerprint density at radius 2 is 2.00 bits per heavy atom. The predicted octanol–water partition coefficient (Wildman–Crippen LogP) is 2.84. The van der Waals surface area contributed by atoms with E-state index in [1.807, 2.05) is 6.20 Å².